The van der Waals surface area contributed by atoms with Crippen molar-refractivity contribution >= 4 is 5.97 Å². The second-order valence-electron chi connectivity index (χ2n) is 4.14. The van der Waals surface area contributed by atoms with Gasteiger partial charge in [-0.25, -0.2) is 9.18 Å². The van der Waals surface area contributed by atoms with E-state index in [1.807, 2.05) is 6.07 Å². The van der Waals surface area contributed by atoms with Crippen molar-refractivity contribution in [2.75, 3.05) is 0 Å². The molecule has 100 valence electrons. The van der Waals surface area contributed by atoms with Crippen LogP contribution in [0.25, 0.3) is 0 Å². The van der Waals surface area contributed by atoms with Gasteiger partial charge in [0.15, 0.2) is 0 Å². The van der Waals surface area contributed by atoms with E-state index in [1.165, 1.54) is 6.07 Å². The standard InChI is InChI=1S/C15H10FNO3/c1-9-6-11(3-2-10(9)8-17)20-12-4-5-13(15(18)19)14(16)7-12/h2-7H,1H3,(H,18,19). The zero-order valence-electron chi connectivity index (χ0n) is 10.6. The normalized spacial score (nSPS) is 9.85. The van der Waals surface area contributed by atoms with Crippen LogP contribution in [0.5, 0.6) is 11.5 Å². The number of hydrogen-bond acceptors (Lipinski definition) is 3. The van der Waals surface area contributed by atoms with Crippen molar-refractivity contribution in [3.05, 3.63) is 58.9 Å². The first-order valence-corrected chi connectivity index (χ1v) is 5.72. The minimum Gasteiger partial charge on any atom is -0.478 e. The smallest absolute Gasteiger partial charge is 0.338 e. The third-order valence-corrected chi connectivity index (χ3v) is 2.72. The fourth-order valence-corrected chi connectivity index (χ4v) is 1.69. The summed E-state index contributed by atoms with van der Waals surface area (Å²) in [6, 6.07) is 10.4. The van der Waals surface area contributed by atoms with E-state index in [0.717, 1.165) is 17.7 Å². The van der Waals surface area contributed by atoms with Crippen molar-refractivity contribution in [2.45, 2.75) is 6.92 Å². The molecule has 2 rings (SSSR count). The predicted octanol–water partition coefficient (Wildman–Crippen LogP) is 3.50. The van der Waals surface area contributed by atoms with Crippen molar-refractivity contribution in [3.8, 4) is 17.6 Å². The molecule has 20 heavy (non-hydrogen) atoms. The van der Waals surface area contributed by atoms with E-state index in [-0.39, 0.29) is 5.75 Å². The van der Waals surface area contributed by atoms with E-state index in [9.17, 15) is 9.18 Å². The lowest BCUT2D eigenvalue weighted by Crippen LogP contribution is -2.00. The van der Waals surface area contributed by atoms with Crippen LogP contribution in [0.15, 0.2) is 36.4 Å². The number of hydrogen-bond donors (Lipinski definition) is 1. The number of carbonyl (C=O) groups is 1. The maximum atomic E-state index is 13.5. The van der Waals surface area contributed by atoms with Crippen LogP contribution in [0.4, 0.5) is 4.39 Å². The molecule has 2 aromatic rings. The summed E-state index contributed by atoms with van der Waals surface area (Å²) in [6.45, 7) is 1.76. The first-order chi connectivity index (χ1) is 9.51. The van der Waals surface area contributed by atoms with Gasteiger partial charge in [-0.05, 0) is 42.8 Å². The van der Waals surface area contributed by atoms with Crippen LogP contribution in [-0.4, -0.2) is 11.1 Å². The Morgan fingerprint density at radius 1 is 1.25 bits per heavy atom. The minimum absolute atomic E-state index is 0.191. The number of nitriles is 1. The van der Waals surface area contributed by atoms with Crippen LogP contribution in [-0.2, 0) is 0 Å². The summed E-state index contributed by atoms with van der Waals surface area (Å²) in [7, 11) is 0. The summed E-state index contributed by atoms with van der Waals surface area (Å²) in [4.78, 5) is 10.7. The zero-order valence-corrected chi connectivity index (χ0v) is 10.6. The van der Waals surface area contributed by atoms with Gasteiger partial charge in [-0.2, -0.15) is 5.26 Å². The van der Waals surface area contributed by atoms with E-state index in [1.54, 1.807) is 25.1 Å². The number of rotatable bonds is 3. The number of carboxylic acid groups (broad SMARTS) is 1. The average molecular weight is 271 g/mol. The fraction of sp³-hybridized carbons (Fsp3) is 0.0667. The summed E-state index contributed by atoms with van der Waals surface area (Å²) in [5.74, 6) is -1.55. The lowest BCUT2D eigenvalue weighted by molar-refractivity contribution is 0.0692. The van der Waals surface area contributed by atoms with Crippen LogP contribution in [0.1, 0.15) is 21.5 Å². The number of ether oxygens (including phenoxy) is 1. The fourth-order valence-electron chi connectivity index (χ4n) is 1.69. The van der Waals surface area contributed by atoms with E-state index >= 15 is 0 Å². The molecule has 0 bridgehead atoms. The van der Waals surface area contributed by atoms with Crippen LogP contribution >= 0.6 is 0 Å². The first-order valence-electron chi connectivity index (χ1n) is 5.72. The molecule has 0 aliphatic heterocycles. The SMILES string of the molecule is Cc1cc(Oc2ccc(C(=O)O)c(F)c2)ccc1C#N. The Morgan fingerprint density at radius 2 is 1.90 bits per heavy atom. The number of aryl methyl sites for hydroxylation is 1. The molecule has 0 unspecified atom stereocenters. The summed E-state index contributed by atoms with van der Waals surface area (Å²) >= 11 is 0. The third-order valence-electron chi connectivity index (χ3n) is 2.72. The van der Waals surface area contributed by atoms with E-state index in [2.05, 4.69) is 0 Å². The molecule has 0 fully saturated rings. The first kappa shape index (κ1) is 13.6. The number of aromatic carboxylic acids is 1. The van der Waals surface area contributed by atoms with Gasteiger partial charge < -0.3 is 9.84 Å². The molecule has 1 N–H and O–H groups in total. The van der Waals surface area contributed by atoms with Gasteiger partial charge in [-0.1, -0.05) is 0 Å². The maximum absolute atomic E-state index is 13.5. The summed E-state index contributed by atoms with van der Waals surface area (Å²) < 4.78 is 18.9. The Morgan fingerprint density at radius 3 is 2.45 bits per heavy atom. The second kappa shape index (κ2) is 5.41. The molecule has 0 heterocycles. The Kier molecular flexibility index (Phi) is 3.67. The molecular formula is C15H10FNO3. The van der Waals surface area contributed by atoms with Crippen LogP contribution in [0.3, 0.4) is 0 Å². The highest BCUT2D eigenvalue weighted by atomic mass is 19.1. The van der Waals surface area contributed by atoms with Gasteiger partial charge in [-0.15, -0.1) is 0 Å². The molecule has 0 aliphatic carbocycles. The van der Waals surface area contributed by atoms with Crippen LogP contribution < -0.4 is 4.74 Å². The number of benzene rings is 2. The molecule has 0 saturated heterocycles. The van der Waals surface area contributed by atoms with Gasteiger partial charge >= 0.3 is 5.97 Å². The lowest BCUT2D eigenvalue weighted by atomic mass is 10.1. The lowest BCUT2D eigenvalue weighted by Gasteiger charge is -2.08. The summed E-state index contributed by atoms with van der Waals surface area (Å²) in [6.07, 6.45) is 0. The molecule has 0 saturated carbocycles. The molecule has 0 aromatic heterocycles. The Bertz CT molecular complexity index is 720. The van der Waals surface area contributed by atoms with Crippen LogP contribution in [0.2, 0.25) is 0 Å². The number of halogens is 1. The van der Waals surface area contributed by atoms with Gasteiger partial charge in [0, 0.05) is 6.07 Å². The Balaban J connectivity index is 2.27. The largest absolute Gasteiger partial charge is 0.478 e. The van der Waals surface area contributed by atoms with E-state index in [4.69, 9.17) is 15.1 Å². The zero-order chi connectivity index (χ0) is 14.7. The molecule has 0 radical (unpaired) electrons. The molecule has 2 aromatic carbocycles. The monoisotopic (exact) mass is 271 g/mol. The highest BCUT2D eigenvalue weighted by molar-refractivity contribution is 5.88. The maximum Gasteiger partial charge on any atom is 0.338 e. The number of carboxylic acids is 1. The molecule has 0 amide bonds. The molecule has 5 heteroatoms. The van der Waals surface area contributed by atoms with Gasteiger partial charge in [-0.3, -0.25) is 0 Å². The molecular weight excluding hydrogens is 261 g/mol. The van der Waals surface area contributed by atoms with E-state index in [0.29, 0.717) is 11.3 Å². The molecule has 0 atom stereocenters. The van der Waals surface area contributed by atoms with Gasteiger partial charge in [0.05, 0.1) is 17.2 Å². The van der Waals surface area contributed by atoms with Crippen LogP contribution in [0, 0.1) is 24.1 Å². The number of nitrogens with zero attached hydrogens (tertiary/aromatic N) is 1. The predicted molar refractivity (Wildman–Crippen MR) is 69.3 cm³/mol. The van der Waals surface area contributed by atoms with Crippen molar-refractivity contribution in [1.29, 1.82) is 5.26 Å². The van der Waals surface area contributed by atoms with Crippen molar-refractivity contribution < 1.29 is 19.0 Å². The Hall–Kier alpha value is -2.87. The van der Waals surface area contributed by atoms with Crippen molar-refractivity contribution in [2.24, 2.45) is 0 Å². The quantitative estimate of drug-likeness (QED) is 0.927. The highest BCUT2D eigenvalue weighted by Gasteiger charge is 2.11. The minimum atomic E-state index is -1.33. The van der Waals surface area contributed by atoms with Crippen molar-refractivity contribution in [3.63, 3.8) is 0 Å². The van der Waals surface area contributed by atoms with Gasteiger partial charge in [0.1, 0.15) is 17.3 Å². The second-order valence-corrected chi connectivity index (χ2v) is 4.14. The summed E-state index contributed by atoms with van der Waals surface area (Å²) in [5, 5.41) is 17.6. The third kappa shape index (κ3) is 2.75. The van der Waals surface area contributed by atoms with E-state index < -0.39 is 17.3 Å². The molecule has 0 aliphatic rings. The summed E-state index contributed by atoms with van der Waals surface area (Å²) in [5.41, 5.74) is 0.866. The topological polar surface area (TPSA) is 70.3 Å². The molecule has 4 nitrogen and oxygen atoms in total. The van der Waals surface area contributed by atoms with Crippen molar-refractivity contribution in [1.82, 2.24) is 0 Å². The molecule has 0 spiro atoms. The highest BCUT2D eigenvalue weighted by Crippen LogP contribution is 2.25. The van der Waals surface area contributed by atoms with Gasteiger partial charge in [0.2, 0.25) is 0 Å². The average Bonchev–Trinajstić information content (AvgIpc) is 2.38. The van der Waals surface area contributed by atoms with Gasteiger partial charge in [0.25, 0.3) is 0 Å². The Labute approximate surface area is 114 Å².